The van der Waals surface area contributed by atoms with Crippen LogP contribution in [-0.2, 0) is 26.3 Å². The molecule has 0 fully saturated rings. The number of allylic oxidation sites excluding steroid dienone is 1. The van der Waals surface area contributed by atoms with Gasteiger partial charge in [0.05, 0.1) is 12.1 Å². The summed E-state index contributed by atoms with van der Waals surface area (Å²) in [4.78, 5) is 42.2. The maximum Gasteiger partial charge on any atom is 0.411 e. The third kappa shape index (κ3) is 10.3. The van der Waals surface area contributed by atoms with Crippen molar-refractivity contribution in [3.8, 4) is 0 Å². The second-order valence-electron chi connectivity index (χ2n) is 13.9. The number of carbonyl (C=O) groups is 3. The summed E-state index contributed by atoms with van der Waals surface area (Å²) in [5, 5.41) is 12.1. The molecule has 0 bridgehead atoms. The van der Waals surface area contributed by atoms with Gasteiger partial charge in [0.2, 0.25) is 11.8 Å². The van der Waals surface area contributed by atoms with Crippen LogP contribution in [-0.4, -0.2) is 62.1 Å². The summed E-state index contributed by atoms with van der Waals surface area (Å²) in [6.07, 6.45) is 1.52. The monoisotopic (exact) mass is 621 g/mol. The molecule has 3 atom stereocenters. The summed E-state index contributed by atoms with van der Waals surface area (Å²) in [6, 6.07) is 13.5. The van der Waals surface area contributed by atoms with E-state index in [1.807, 2.05) is 98.0 Å². The van der Waals surface area contributed by atoms with Crippen LogP contribution in [0.1, 0.15) is 73.4 Å². The summed E-state index contributed by atoms with van der Waals surface area (Å²) < 4.78 is 5.42. The van der Waals surface area contributed by atoms with E-state index in [0.717, 1.165) is 22.4 Å². The summed E-state index contributed by atoms with van der Waals surface area (Å²) in [6.45, 7) is 18.2. The van der Waals surface area contributed by atoms with Gasteiger partial charge in [-0.3, -0.25) is 14.9 Å². The average molecular weight is 622 g/mol. The number of amides is 3. The number of rotatable bonds is 13. The lowest BCUT2D eigenvalue weighted by molar-refractivity contribution is -0.140. The van der Waals surface area contributed by atoms with Crippen molar-refractivity contribution < 1.29 is 19.1 Å². The molecule has 9 heteroatoms. The van der Waals surface area contributed by atoms with Gasteiger partial charge in [0.15, 0.2) is 0 Å². The molecule has 0 aliphatic rings. The van der Waals surface area contributed by atoms with Gasteiger partial charge < -0.3 is 25.6 Å². The zero-order valence-corrected chi connectivity index (χ0v) is 29.3. The van der Waals surface area contributed by atoms with Crippen LogP contribution in [0.5, 0.6) is 0 Å². The molecule has 248 valence electrons. The van der Waals surface area contributed by atoms with E-state index < -0.39 is 29.0 Å². The van der Waals surface area contributed by atoms with Gasteiger partial charge >= 0.3 is 6.09 Å². The lowest BCUT2D eigenvalue weighted by Crippen LogP contribution is -2.61. The number of benzene rings is 2. The van der Waals surface area contributed by atoms with Crippen molar-refractivity contribution in [2.45, 2.75) is 92.5 Å². The highest BCUT2D eigenvalue weighted by Crippen LogP contribution is 2.31. The maximum absolute atomic E-state index is 13.9. The zero-order chi connectivity index (χ0) is 34.1. The Morgan fingerprint density at radius 1 is 0.911 bits per heavy atom. The standard InChI is InChI=1S/C36H55N5O4/c1-23(2)20-29(24(3)4)41(12)33(43)31(35(5,6)7)40-32(42)30(38-11)36(8,9)26-14-13-15-28(21-26)39-34(44)45-22-25-16-18-27(37-10)19-17-25/h13-21,24,29-31,37-38H,22H2,1-12H3,(H,39,44)(H,40,42)/t29-,30-,31-/m1/s1. The molecule has 0 aliphatic carbocycles. The fourth-order valence-corrected chi connectivity index (χ4v) is 5.37. The number of nitrogens with zero attached hydrogens (tertiary/aromatic N) is 1. The highest BCUT2D eigenvalue weighted by atomic mass is 16.5. The molecule has 9 nitrogen and oxygen atoms in total. The topological polar surface area (TPSA) is 112 Å². The number of hydrogen-bond donors (Lipinski definition) is 4. The first-order valence-electron chi connectivity index (χ1n) is 15.6. The van der Waals surface area contributed by atoms with Crippen molar-refractivity contribution in [1.82, 2.24) is 15.5 Å². The highest BCUT2D eigenvalue weighted by Gasteiger charge is 2.41. The molecule has 0 saturated carbocycles. The van der Waals surface area contributed by atoms with E-state index in [1.54, 1.807) is 25.1 Å². The van der Waals surface area contributed by atoms with E-state index >= 15 is 0 Å². The fourth-order valence-electron chi connectivity index (χ4n) is 5.37. The normalized spacial score (nSPS) is 13.7. The van der Waals surface area contributed by atoms with Gasteiger partial charge in [0.1, 0.15) is 12.6 Å². The molecule has 4 N–H and O–H groups in total. The molecule has 0 aliphatic heterocycles. The van der Waals surface area contributed by atoms with Gasteiger partial charge in [-0.2, -0.15) is 0 Å². The van der Waals surface area contributed by atoms with Crippen molar-refractivity contribution in [2.24, 2.45) is 11.3 Å². The molecule has 2 rings (SSSR count). The van der Waals surface area contributed by atoms with Crippen LogP contribution >= 0.6 is 0 Å². The first-order chi connectivity index (χ1) is 20.9. The lowest BCUT2D eigenvalue weighted by atomic mass is 9.76. The smallest absolute Gasteiger partial charge is 0.411 e. The lowest BCUT2D eigenvalue weighted by Gasteiger charge is -2.40. The first kappa shape index (κ1) is 37.3. The van der Waals surface area contributed by atoms with Gasteiger partial charge in [-0.25, -0.2) is 4.79 Å². The fraction of sp³-hybridized carbons (Fsp3) is 0.528. The van der Waals surface area contributed by atoms with E-state index in [9.17, 15) is 14.4 Å². The molecule has 2 aromatic carbocycles. The number of likely N-dealkylation sites (N-methyl/N-ethyl adjacent to an activating group) is 2. The third-order valence-electron chi connectivity index (χ3n) is 8.12. The van der Waals surface area contributed by atoms with Crippen molar-refractivity contribution >= 4 is 29.3 Å². The summed E-state index contributed by atoms with van der Waals surface area (Å²) in [5.41, 5.74) is 3.11. The molecule has 0 spiro atoms. The molecule has 45 heavy (non-hydrogen) atoms. The van der Waals surface area contributed by atoms with Crippen LogP contribution in [0.15, 0.2) is 60.2 Å². The number of hydrogen-bond acceptors (Lipinski definition) is 6. The zero-order valence-electron chi connectivity index (χ0n) is 29.3. The minimum Gasteiger partial charge on any atom is -0.444 e. The molecule has 3 amide bonds. The Morgan fingerprint density at radius 2 is 1.53 bits per heavy atom. The van der Waals surface area contributed by atoms with Gasteiger partial charge in [0.25, 0.3) is 0 Å². The number of ether oxygens (including phenoxy) is 1. The Balaban J connectivity index is 2.23. The molecule has 0 aromatic heterocycles. The predicted octanol–water partition coefficient (Wildman–Crippen LogP) is 6.32. The van der Waals surface area contributed by atoms with E-state index in [-0.39, 0.29) is 30.4 Å². The highest BCUT2D eigenvalue weighted by molar-refractivity contribution is 5.91. The maximum atomic E-state index is 13.9. The SMILES string of the molecule is CNc1ccc(COC(=O)Nc2cccc(C(C)(C)[C@H](NC)C(=O)N[C@H](C(=O)N(C)[C@H](C=C(C)C)C(C)C)C(C)(C)C)c2)cc1. The minimum atomic E-state index is -0.745. The van der Waals surface area contributed by atoms with Crippen molar-refractivity contribution in [3.63, 3.8) is 0 Å². The predicted molar refractivity (Wildman–Crippen MR) is 184 cm³/mol. The molecular formula is C36H55N5O4. The van der Waals surface area contributed by atoms with Crippen LogP contribution in [0.2, 0.25) is 0 Å². The summed E-state index contributed by atoms with van der Waals surface area (Å²) in [7, 11) is 5.38. The third-order valence-corrected chi connectivity index (χ3v) is 8.12. The van der Waals surface area contributed by atoms with Crippen LogP contribution in [0, 0.1) is 11.3 Å². The molecule has 0 radical (unpaired) electrons. The van der Waals surface area contributed by atoms with E-state index in [4.69, 9.17) is 4.74 Å². The van der Waals surface area contributed by atoms with Crippen molar-refractivity contribution in [3.05, 3.63) is 71.3 Å². The Kier molecular flexibility index (Phi) is 13.2. The average Bonchev–Trinajstić information content (AvgIpc) is 2.96. The van der Waals surface area contributed by atoms with Gasteiger partial charge in [-0.15, -0.1) is 0 Å². The Morgan fingerprint density at radius 3 is 2.04 bits per heavy atom. The van der Waals surface area contributed by atoms with E-state index in [2.05, 4.69) is 41.2 Å². The molecular weight excluding hydrogens is 566 g/mol. The van der Waals surface area contributed by atoms with Crippen LogP contribution in [0.4, 0.5) is 16.2 Å². The van der Waals surface area contributed by atoms with Crippen molar-refractivity contribution in [2.75, 3.05) is 31.8 Å². The van der Waals surface area contributed by atoms with E-state index in [0.29, 0.717) is 5.69 Å². The molecule has 0 unspecified atom stereocenters. The number of nitrogens with one attached hydrogen (secondary N) is 4. The molecule has 0 heterocycles. The molecule has 2 aromatic rings. The first-order valence-corrected chi connectivity index (χ1v) is 15.6. The minimum absolute atomic E-state index is 0.0957. The number of carbonyl (C=O) groups excluding carboxylic acids is 3. The second kappa shape index (κ2) is 15.9. The van der Waals surface area contributed by atoms with Crippen molar-refractivity contribution in [1.29, 1.82) is 0 Å². The Labute approximate surface area is 270 Å². The quantitative estimate of drug-likeness (QED) is 0.195. The van der Waals surface area contributed by atoms with Gasteiger partial charge in [-0.1, -0.05) is 84.4 Å². The van der Waals surface area contributed by atoms with Crippen LogP contribution in [0.3, 0.4) is 0 Å². The number of anilines is 2. The van der Waals surface area contributed by atoms with Gasteiger partial charge in [-0.05, 0) is 67.6 Å². The largest absolute Gasteiger partial charge is 0.444 e. The second-order valence-corrected chi connectivity index (χ2v) is 13.9. The van der Waals surface area contributed by atoms with Gasteiger partial charge in [0, 0.05) is 30.9 Å². The Bertz CT molecular complexity index is 1320. The van der Waals surface area contributed by atoms with Crippen LogP contribution in [0.25, 0.3) is 0 Å². The van der Waals surface area contributed by atoms with Crippen LogP contribution < -0.4 is 21.3 Å². The summed E-state index contributed by atoms with van der Waals surface area (Å²) >= 11 is 0. The summed E-state index contributed by atoms with van der Waals surface area (Å²) in [5.74, 6) is -0.214. The van der Waals surface area contributed by atoms with E-state index in [1.165, 1.54) is 0 Å². The molecule has 0 saturated heterocycles. The Hall–Kier alpha value is -3.85.